The number of para-hydroxylation sites is 1. The van der Waals surface area contributed by atoms with Gasteiger partial charge in [-0.2, -0.15) is 0 Å². The number of benzene rings is 2. The maximum absolute atomic E-state index is 12.6. The molecule has 0 aromatic heterocycles. The number of likely N-dealkylation sites (tertiary alicyclic amines) is 1. The van der Waals surface area contributed by atoms with Gasteiger partial charge in [0.1, 0.15) is 0 Å². The smallest absolute Gasteiger partial charge is 0.321 e. The number of nitrogens with one attached hydrogen (secondary N) is 1. The van der Waals surface area contributed by atoms with Gasteiger partial charge >= 0.3 is 6.03 Å². The van der Waals surface area contributed by atoms with Crippen LogP contribution in [0.4, 0.5) is 10.5 Å². The van der Waals surface area contributed by atoms with Crippen LogP contribution in [0.1, 0.15) is 30.9 Å². The summed E-state index contributed by atoms with van der Waals surface area (Å²) in [6, 6.07) is 19.3. The van der Waals surface area contributed by atoms with Gasteiger partial charge in [0.15, 0.2) is 0 Å². The summed E-state index contributed by atoms with van der Waals surface area (Å²) in [4.78, 5) is 17.1. The van der Waals surface area contributed by atoms with Gasteiger partial charge in [-0.3, -0.25) is 4.90 Å². The molecule has 0 saturated carbocycles. The Morgan fingerprint density at radius 1 is 1.04 bits per heavy atom. The van der Waals surface area contributed by atoms with Crippen LogP contribution in [0.25, 0.3) is 0 Å². The Labute approximate surface area is 162 Å². The lowest BCUT2D eigenvalue weighted by Gasteiger charge is -2.40. The summed E-state index contributed by atoms with van der Waals surface area (Å²) in [6.45, 7) is 6.76. The number of carbonyl (C=O) groups is 1. The Balaban J connectivity index is 1.43. The number of carbonyl (C=O) groups excluding carboxylic acids is 1. The average molecular weight is 364 g/mol. The molecule has 1 saturated heterocycles. The van der Waals surface area contributed by atoms with Gasteiger partial charge in [-0.1, -0.05) is 48.5 Å². The highest BCUT2D eigenvalue weighted by molar-refractivity contribution is 5.95. The molecule has 1 spiro atoms. The molecule has 0 atom stereocenters. The quantitative estimate of drug-likeness (QED) is 0.896. The minimum absolute atomic E-state index is 0.0355. The Kier molecular flexibility index (Phi) is 5.17. The van der Waals surface area contributed by atoms with Gasteiger partial charge in [0.25, 0.3) is 0 Å². The number of hydrogen-bond donors (Lipinski definition) is 1. The van der Waals surface area contributed by atoms with Gasteiger partial charge in [0.05, 0.1) is 0 Å². The van der Waals surface area contributed by atoms with E-state index in [1.165, 1.54) is 11.1 Å². The fourth-order valence-electron chi connectivity index (χ4n) is 4.62. The molecule has 4 nitrogen and oxygen atoms in total. The molecule has 1 fully saturated rings. The van der Waals surface area contributed by atoms with Crippen molar-refractivity contribution in [3.63, 3.8) is 0 Å². The molecular weight excluding hydrogens is 334 g/mol. The first kappa shape index (κ1) is 18.1. The zero-order chi connectivity index (χ0) is 18.7. The summed E-state index contributed by atoms with van der Waals surface area (Å²) >= 11 is 0. The maximum Gasteiger partial charge on any atom is 0.321 e. The molecule has 2 aromatic carbocycles. The first-order valence-corrected chi connectivity index (χ1v) is 10.1. The molecule has 1 N–H and O–H groups in total. The molecule has 0 unspecified atom stereocenters. The lowest BCUT2D eigenvalue weighted by Crippen LogP contribution is -2.48. The van der Waals surface area contributed by atoms with Gasteiger partial charge in [0, 0.05) is 30.7 Å². The van der Waals surface area contributed by atoms with E-state index >= 15 is 0 Å². The fraction of sp³-hybridized carbons (Fsp3) is 0.435. The lowest BCUT2D eigenvalue weighted by atomic mass is 9.74. The van der Waals surface area contributed by atoms with E-state index in [4.69, 9.17) is 0 Å². The van der Waals surface area contributed by atoms with Gasteiger partial charge in [-0.25, -0.2) is 4.79 Å². The minimum Gasteiger partial charge on any atom is -0.338 e. The Morgan fingerprint density at radius 3 is 2.48 bits per heavy atom. The Morgan fingerprint density at radius 2 is 1.74 bits per heavy atom. The molecule has 2 aliphatic heterocycles. The van der Waals surface area contributed by atoms with Crippen LogP contribution >= 0.6 is 0 Å². The van der Waals surface area contributed by atoms with Crippen LogP contribution in [0.5, 0.6) is 0 Å². The predicted octanol–water partition coefficient (Wildman–Crippen LogP) is 3.81. The van der Waals surface area contributed by atoms with Crippen molar-refractivity contribution in [2.45, 2.75) is 31.6 Å². The zero-order valence-corrected chi connectivity index (χ0v) is 16.2. The Bertz CT molecular complexity index is 781. The summed E-state index contributed by atoms with van der Waals surface area (Å²) in [5, 5.41) is 2.97. The van der Waals surface area contributed by atoms with Crippen molar-refractivity contribution in [3.8, 4) is 0 Å². The van der Waals surface area contributed by atoms with Crippen LogP contribution in [0, 0.1) is 0 Å². The summed E-state index contributed by atoms with van der Waals surface area (Å²) in [5.74, 6) is 0. The van der Waals surface area contributed by atoms with Gasteiger partial charge in [-0.05, 0) is 56.5 Å². The first-order valence-electron chi connectivity index (χ1n) is 10.1. The van der Waals surface area contributed by atoms with Crippen molar-refractivity contribution in [1.29, 1.82) is 0 Å². The van der Waals surface area contributed by atoms with E-state index in [0.717, 1.165) is 51.1 Å². The molecule has 0 aliphatic carbocycles. The topological polar surface area (TPSA) is 35.6 Å². The lowest BCUT2D eigenvalue weighted by molar-refractivity contribution is 0.167. The van der Waals surface area contributed by atoms with E-state index < -0.39 is 0 Å². The number of nitrogens with zero attached hydrogens (tertiary/aromatic N) is 2. The zero-order valence-electron chi connectivity index (χ0n) is 16.2. The van der Waals surface area contributed by atoms with Crippen LogP contribution in [0.15, 0.2) is 54.6 Å². The van der Waals surface area contributed by atoms with Gasteiger partial charge in [-0.15, -0.1) is 0 Å². The molecular formula is C23H29N3O. The van der Waals surface area contributed by atoms with Crippen molar-refractivity contribution in [2.75, 3.05) is 37.6 Å². The van der Waals surface area contributed by atoms with Crippen molar-refractivity contribution in [2.24, 2.45) is 0 Å². The molecule has 0 bridgehead atoms. The highest BCUT2D eigenvalue weighted by Crippen LogP contribution is 2.46. The normalized spacial score (nSPS) is 18.5. The minimum atomic E-state index is 0.0355. The Hall–Kier alpha value is -2.33. The van der Waals surface area contributed by atoms with Crippen LogP contribution in [-0.4, -0.2) is 43.7 Å². The van der Waals surface area contributed by atoms with E-state index in [9.17, 15) is 4.79 Å². The van der Waals surface area contributed by atoms with E-state index in [-0.39, 0.29) is 11.4 Å². The van der Waals surface area contributed by atoms with Crippen LogP contribution in [0.2, 0.25) is 0 Å². The van der Waals surface area contributed by atoms with Crippen LogP contribution < -0.4 is 10.2 Å². The number of urea groups is 1. The van der Waals surface area contributed by atoms with Crippen LogP contribution in [0.3, 0.4) is 0 Å². The number of rotatable bonds is 4. The third-order valence-electron chi connectivity index (χ3n) is 6.17. The van der Waals surface area contributed by atoms with Crippen molar-refractivity contribution in [1.82, 2.24) is 10.2 Å². The molecule has 2 heterocycles. The third kappa shape index (κ3) is 3.59. The van der Waals surface area contributed by atoms with E-state index in [2.05, 4.69) is 58.7 Å². The number of hydrogen-bond acceptors (Lipinski definition) is 2. The molecule has 142 valence electrons. The number of anilines is 1. The summed E-state index contributed by atoms with van der Waals surface area (Å²) in [7, 11) is 0. The number of amides is 2. The van der Waals surface area contributed by atoms with Crippen LogP contribution in [-0.2, 0) is 11.8 Å². The van der Waals surface area contributed by atoms with Gasteiger partial charge in [0.2, 0.25) is 0 Å². The average Bonchev–Trinajstić information content (AvgIpc) is 3.03. The number of piperidine rings is 1. The summed E-state index contributed by atoms with van der Waals surface area (Å²) in [5.41, 5.74) is 3.98. The molecule has 27 heavy (non-hydrogen) atoms. The van der Waals surface area contributed by atoms with E-state index in [1.807, 2.05) is 17.9 Å². The highest BCUT2D eigenvalue weighted by atomic mass is 16.2. The van der Waals surface area contributed by atoms with Crippen molar-refractivity contribution in [3.05, 3.63) is 65.7 Å². The van der Waals surface area contributed by atoms with Gasteiger partial charge < -0.3 is 10.2 Å². The molecule has 2 aromatic rings. The largest absolute Gasteiger partial charge is 0.338 e. The van der Waals surface area contributed by atoms with E-state index in [1.54, 1.807) is 0 Å². The number of fused-ring (bicyclic) bond motifs is 2. The first-order chi connectivity index (χ1) is 13.2. The molecule has 4 rings (SSSR count). The summed E-state index contributed by atoms with van der Waals surface area (Å²) < 4.78 is 0. The van der Waals surface area contributed by atoms with Crippen molar-refractivity contribution < 1.29 is 4.79 Å². The molecule has 4 heteroatoms. The standard InChI is InChI=1S/C23H29N3O/c1-2-24-22(27)26-18-23(20-10-6-7-11-21(20)26)13-16-25(17-14-23)15-12-19-8-4-3-5-9-19/h3-11H,2,12-18H2,1H3,(H,24,27). The molecule has 2 aliphatic rings. The highest BCUT2D eigenvalue weighted by Gasteiger charge is 2.45. The van der Waals surface area contributed by atoms with Crippen molar-refractivity contribution >= 4 is 11.7 Å². The molecule has 0 radical (unpaired) electrons. The predicted molar refractivity (Wildman–Crippen MR) is 110 cm³/mol. The second-order valence-electron chi connectivity index (χ2n) is 7.80. The second kappa shape index (κ2) is 7.73. The third-order valence-corrected chi connectivity index (χ3v) is 6.17. The monoisotopic (exact) mass is 363 g/mol. The fourth-order valence-corrected chi connectivity index (χ4v) is 4.62. The maximum atomic E-state index is 12.6. The SMILES string of the molecule is CCNC(=O)N1CC2(CCN(CCc3ccccc3)CC2)c2ccccc21. The van der Waals surface area contributed by atoms with E-state index in [0.29, 0.717) is 6.54 Å². The molecule has 2 amide bonds. The second-order valence-corrected chi connectivity index (χ2v) is 7.80. The summed E-state index contributed by atoms with van der Waals surface area (Å²) in [6.07, 6.45) is 3.35.